The SMILES string of the molecule is CNCc1cn[nH]c1-c1ccc(C(C)C)cc1. The number of rotatable bonds is 4. The van der Waals surface area contributed by atoms with Crippen molar-refractivity contribution in [1.29, 1.82) is 0 Å². The fraction of sp³-hybridized carbons (Fsp3) is 0.357. The number of aromatic amines is 1. The largest absolute Gasteiger partial charge is 0.316 e. The molecule has 0 aliphatic heterocycles. The molecule has 0 aliphatic rings. The molecule has 0 amide bonds. The maximum Gasteiger partial charge on any atom is 0.0695 e. The second kappa shape index (κ2) is 5.15. The zero-order valence-corrected chi connectivity index (χ0v) is 10.6. The van der Waals surface area contributed by atoms with E-state index < -0.39 is 0 Å². The average Bonchev–Trinajstić information content (AvgIpc) is 2.78. The standard InChI is InChI=1S/C14H19N3/c1-10(2)11-4-6-12(7-5-11)14-13(8-15-3)9-16-17-14/h4-7,9-10,15H,8H2,1-3H3,(H,16,17). The molecular weight excluding hydrogens is 210 g/mol. The maximum absolute atomic E-state index is 4.11. The molecule has 3 heteroatoms. The highest BCUT2D eigenvalue weighted by Crippen LogP contribution is 2.23. The Morgan fingerprint density at radius 3 is 2.53 bits per heavy atom. The van der Waals surface area contributed by atoms with Gasteiger partial charge in [-0.25, -0.2) is 0 Å². The predicted molar refractivity (Wildman–Crippen MR) is 70.9 cm³/mol. The van der Waals surface area contributed by atoms with Crippen molar-refractivity contribution >= 4 is 0 Å². The summed E-state index contributed by atoms with van der Waals surface area (Å²) in [7, 11) is 1.94. The Kier molecular flexibility index (Phi) is 3.59. The Bertz CT molecular complexity index is 468. The monoisotopic (exact) mass is 229 g/mol. The van der Waals surface area contributed by atoms with Gasteiger partial charge in [0.05, 0.1) is 11.9 Å². The molecule has 0 atom stereocenters. The van der Waals surface area contributed by atoms with Gasteiger partial charge in [0.2, 0.25) is 0 Å². The molecule has 0 radical (unpaired) electrons. The second-order valence-electron chi connectivity index (χ2n) is 4.58. The first-order chi connectivity index (χ1) is 8.22. The molecule has 1 aromatic carbocycles. The minimum absolute atomic E-state index is 0.572. The summed E-state index contributed by atoms with van der Waals surface area (Å²) in [5, 5.41) is 10.3. The molecule has 0 unspecified atom stereocenters. The van der Waals surface area contributed by atoms with Crippen LogP contribution in [0.4, 0.5) is 0 Å². The van der Waals surface area contributed by atoms with E-state index in [0.717, 1.165) is 12.2 Å². The zero-order chi connectivity index (χ0) is 12.3. The van der Waals surface area contributed by atoms with Crippen LogP contribution in [0.1, 0.15) is 30.9 Å². The molecule has 0 bridgehead atoms. The van der Waals surface area contributed by atoms with E-state index in [1.54, 1.807) is 0 Å². The van der Waals surface area contributed by atoms with Crippen LogP contribution in [-0.4, -0.2) is 17.2 Å². The van der Waals surface area contributed by atoms with Crippen molar-refractivity contribution < 1.29 is 0 Å². The summed E-state index contributed by atoms with van der Waals surface area (Å²) in [4.78, 5) is 0. The molecule has 2 aromatic rings. The first-order valence-corrected chi connectivity index (χ1v) is 5.99. The Morgan fingerprint density at radius 2 is 1.94 bits per heavy atom. The Hall–Kier alpha value is -1.61. The molecule has 17 heavy (non-hydrogen) atoms. The molecule has 2 N–H and O–H groups in total. The van der Waals surface area contributed by atoms with E-state index in [9.17, 15) is 0 Å². The Morgan fingerprint density at radius 1 is 1.24 bits per heavy atom. The fourth-order valence-corrected chi connectivity index (χ4v) is 1.92. The Balaban J connectivity index is 2.30. The smallest absolute Gasteiger partial charge is 0.0695 e. The highest BCUT2D eigenvalue weighted by Gasteiger charge is 2.07. The van der Waals surface area contributed by atoms with Crippen LogP contribution in [0.15, 0.2) is 30.5 Å². The molecule has 1 aromatic heterocycles. The predicted octanol–water partition coefficient (Wildman–Crippen LogP) is 2.92. The number of hydrogen-bond acceptors (Lipinski definition) is 2. The zero-order valence-electron chi connectivity index (χ0n) is 10.6. The van der Waals surface area contributed by atoms with E-state index in [-0.39, 0.29) is 0 Å². The van der Waals surface area contributed by atoms with Crippen LogP contribution in [-0.2, 0) is 6.54 Å². The lowest BCUT2D eigenvalue weighted by molar-refractivity contribution is 0.820. The quantitative estimate of drug-likeness (QED) is 0.846. The Labute approximate surface area is 102 Å². The summed E-state index contributed by atoms with van der Waals surface area (Å²) < 4.78 is 0. The second-order valence-corrected chi connectivity index (χ2v) is 4.58. The van der Waals surface area contributed by atoms with Crippen LogP contribution in [0.5, 0.6) is 0 Å². The van der Waals surface area contributed by atoms with Gasteiger partial charge in [0.15, 0.2) is 0 Å². The summed E-state index contributed by atoms with van der Waals surface area (Å²) in [6.07, 6.45) is 1.88. The van der Waals surface area contributed by atoms with Crippen LogP contribution >= 0.6 is 0 Å². The third kappa shape index (κ3) is 2.56. The summed E-state index contributed by atoms with van der Waals surface area (Å²) in [5.41, 5.74) is 4.86. The minimum Gasteiger partial charge on any atom is -0.316 e. The lowest BCUT2D eigenvalue weighted by Gasteiger charge is -2.07. The van der Waals surface area contributed by atoms with Crippen molar-refractivity contribution in [3.63, 3.8) is 0 Å². The minimum atomic E-state index is 0.572. The number of nitrogens with zero attached hydrogens (tertiary/aromatic N) is 1. The van der Waals surface area contributed by atoms with Crippen LogP contribution < -0.4 is 5.32 Å². The molecule has 0 saturated heterocycles. The third-order valence-corrected chi connectivity index (χ3v) is 2.95. The molecular formula is C14H19N3. The van der Waals surface area contributed by atoms with Gasteiger partial charge in [-0.15, -0.1) is 0 Å². The van der Waals surface area contributed by atoms with Gasteiger partial charge in [0, 0.05) is 12.1 Å². The van der Waals surface area contributed by atoms with E-state index in [1.807, 2.05) is 13.2 Å². The van der Waals surface area contributed by atoms with Gasteiger partial charge in [-0.05, 0) is 24.1 Å². The van der Waals surface area contributed by atoms with Gasteiger partial charge in [0.25, 0.3) is 0 Å². The van der Waals surface area contributed by atoms with Crippen LogP contribution in [0.2, 0.25) is 0 Å². The van der Waals surface area contributed by atoms with Crippen molar-refractivity contribution in [2.45, 2.75) is 26.3 Å². The van der Waals surface area contributed by atoms with Gasteiger partial charge in [-0.2, -0.15) is 5.10 Å². The van der Waals surface area contributed by atoms with Crippen molar-refractivity contribution in [2.75, 3.05) is 7.05 Å². The van der Waals surface area contributed by atoms with Crippen LogP contribution in [0, 0.1) is 0 Å². The van der Waals surface area contributed by atoms with Crippen molar-refractivity contribution in [2.24, 2.45) is 0 Å². The van der Waals surface area contributed by atoms with E-state index in [1.165, 1.54) is 16.7 Å². The van der Waals surface area contributed by atoms with Crippen molar-refractivity contribution in [3.05, 3.63) is 41.6 Å². The number of H-pyrrole nitrogens is 1. The highest BCUT2D eigenvalue weighted by atomic mass is 15.1. The number of benzene rings is 1. The van der Waals surface area contributed by atoms with Gasteiger partial charge < -0.3 is 5.32 Å². The molecule has 0 fully saturated rings. The third-order valence-electron chi connectivity index (χ3n) is 2.95. The van der Waals surface area contributed by atoms with Gasteiger partial charge in [-0.1, -0.05) is 38.1 Å². The van der Waals surface area contributed by atoms with E-state index in [2.05, 4.69) is 53.6 Å². The average molecular weight is 229 g/mol. The lowest BCUT2D eigenvalue weighted by atomic mass is 10.00. The topological polar surface area (TPSA) is 40.7 Å². The van der Waals surface area contributed by atoms with Gasteiger partial charge >= 0.3 is 0 Å². The van der Waals surface area contributed by atoms with Crippen LogP contribution in [0.3, 0.4) is 0 Å². The van der Waals surface area contributed by atoms with Gasteiger partial charge in [0.1, 0.15) is 0 Å². The maximum atomic E-state index is 4.11. The molecule has 0 aliphatic carbocycles. The first kappa shape index (κ1) is 11.9. The van der Waals surface area contributed by atoms with Crippen molar-refractivity contribution in [3.8, 4) is 11.3 Å². The lowest BCUT2D eigenvalue weighted by Crippen LogP contribution is -2.05. The fourth-order valence-electron chi connectivity index (χ4n) is 1.92. The number of aromatic nitrogens is 2. The number of nitrogens with one attached hydrogen (secondary N) is 2. The van der Waals surface area contributed by atoms with E-state index in [4.69, 9.17) is 0 Å². The van der Waals surface area contributed by atoms with Crippen molar-refractivity contribution in [1.82, 2.24) is 15.5 Å². The molecule has 3 nitrogen and oxygen atoms in total. The summed E-state index contributed by atoms with van der Waals surface area (Å²) in [6.45, 7) is 5.24. The van der Waals surface area contributed by atoms with Crippen LogP contribution in [0.25, 0.3) is 11.3 Å². The van der Waals surface area contributed by atoms with E-state index >= 15 is 0 Å². The summed E-state index contributed by atoms with van der Waals surface area (Å²) in [5.74, 6) is 0.572. The molecule has 2 rings (SSSR count). The normalized spacial score (nSPS) is 11.1. The van der Waals surface area contributed by atoms with Gasteiger partial charge in [-0.3, -0.25) is 5.10 Å². The summed E-state index contributed by atoms with van der Waals surface area (Å²) in [6, 6.07) is 8.68. The molecule has 0 spiro atoms. The highest BCUT2D eigenvalue weighted by molar-refractivity contribution is 5.62. The molecule has 0 saturated carbocycles. The summed E-state index contributed by atoms with van der Waals surface area (Å²) >= 11 is 0. The first-order valence-electron chi connectivity index (χ1n) is 5.99. The molecule has 90 valence electrons. The molecule has 1 heterocycles. The number of hydrogen-bond donors (Lipinski definition) is 2. The van der Waals surface area contributed by atoms with E-state index in [0.29, 0.717) is 5.92 Å².